The lowest BCUT2D eigenvalue weighted by Gasteiger charge is -2.37. The number of hydrogen-bond acceptors (Lipinski definition) is 7. The smallest absolute Gasteiger partial charge is 0.249 e. The Morgan fingerprint density at radius 3 is 1.94 bits per heavy atom. The zero-order valence-electron chi connectivity index (χ0n) is 19.7. The van der Waals surface area contributed by atoms with E-state index < -0.39 is 26.5 Å². The fourth-order valence-electron chi connectivity index (χ4n) is 4.51. The second-order valence-corrected chi connectivity index (χ2v) is 10.0. The predicted octanol–water partition coefficient (Wildman–Crippen LogP) is 2.78. The van der Waals surface area contributed by atoms with Gasteiger partial charge in [-0.2, -0.15) is 4.31 Å². The van der Waals surface area contributed by atoms with E-state index in [9.17, 15) is 18.0 Å². The summed E-state index contributed by atoms with van der Waals surface area (Å²) in [5.41, 5.74) is 1.33. The summed E-state index contributed by atoms with van der Waals surface area (Å²) >= 11 is 0. The van der Waals surface area contributed by atoms with Gasteiger partial charge in [0.15, 0.2) is 4.91 Å². The molecule has 1 heterocycles. The summed E-state index contributed by atoms with van der Waals surface area (Å²) in [6, 6.07) is 14.0. The summed E-state index contributed by atoms with van der Waals surface area (Å²) in [4.78, 5) is 30.2. The number of carbonyl (C=O) groups is 2. The number of rotatable bonds is 7. The maximum atomic E-state index is 13.8. The minimum Gasteiger partial charge on any atom is -0.497 e. The van der Waals surface area contributed by atoms with Gasteiger partial charge in [0, 0.05) is 56.1 Å². The standard InChI is InChI=1S/C25H29N3O5S/c1-4-26(5-2)22-23(29)20-8-6-7-9-21(20)24(30)25(22)34(31,32)28-16-14-27(15-17-28)18-10-12-19(33-3)13-11-18/h6-13H,4-5,14-17H2,1-3H3. The lowest BCUT2D eigenvalue weighted by atomic mass is 9.92. The van der Waals surface area contributed by atoms with Gasteiger partial charge < -0.3 is 14.5 Å². The Bertz CT molecular complexity index is 1230. The average Bonchev–Trinajstić information content (AvgIpc) is 2.87. The van der Waals surface area contributed by atoms with Crippen molar-refractivity contribution in [1.82, 2.24) is 9.21 Å². The largest absolute Gasteiger partial charge is 0.497 e. The predicted molar refractivity (Wildman–Crippen MR) is 131 cm³/mol. The van der Waals surface area contributed by atoms with Crippen molar-refractivity contribution >= 4 is 27.3 Å². The molecule has 0 atom stereocenters. The number of piperazine rings is 1. The Morgan fingerprint density at radius 2 is 1.41 bits per heavy atom. The number of benzene rings is 2. The van der Waals surface area contributed by atoms with E-state index in [2.05, 4.69) is 4.90 Å². The third kappa shape index (κ3) is 4.10. The van der Waals surface area contributed by atoms with Crippen LogP contribution in [0.5, 0.6) is 5.75 Å². The monoisotopic (exact) mass is 483 g/mol. The molecule has 9 heteroatoms. The number of methoxy groups -OCH3 is 1. The minimum atomic E-state index is -4.19. The average molecular weight is 484 g/mol. The Labute approximate surface area is 200 Å². The topological polar surface area (TPSA) is 87.2 Å². The van der Waals surface area contributed by atoms with Gasteiger partial charge in [0.25, 0.3) is 0 Å². The number of likely N-dealkylation sites (N-methyl/N-ethyl adjacent to an activating group) is 1. The molecule has 1 fully saturated rings. The highest BCUT2D eigenvalue weighted by Crippen LogP contribution is 2.33. The molecule has 0 spiro atoms. The molecule has 180 valence electrons. The summed E-state index contributed by atoms with van der Waals surface area (Å²) in [5.74, 6) is -0.286. The van der Waals surface area contributed by atoms with Gasteiger partial charge >= 0.3 is 0 Å². The quantitative estimate of drug-likeness (QED) is 0.598. The maximum absolute atomic E-state index is 13.8. The summed E-state index contributed by atoms with van der Waals surface area (Å²) in [6.45, 7) is 5.88. The van der Waals surface area contributed by atoms with E-state index in [1.54, 1.807) is 30.2 Å². The van der Waals surface area contributed by atoms with E-state index in [-0.39, 0.29) is 29.9 Å². The number of nitrogens with zero attached hydrogens (tertiary/aromatic N) is 3. The number of fused-ring (bicyclic) bond motifs is 1. The van der Waals surface area contributed by atoms with Crippen molar-refractivity contribution in [3.63, 3.8) is 0 Å². The molecule has 0 bridgehead atoms. The number of allylic oxidation sites excluding steroid dienone is 2. The van der Waals surface area contributed by atoms with Crippen LogP contribution >= 0.6 is 0 Å². The van der Waals surface area contributed by atoms with Gasteiger partial charge in [-0.1, -0.05) is 24.3 Å². The van der Waals surface area contributed by atoms with Gasteiger partial charge in [-0.15, -0.1) is 0 Å². The molecule has 1 saturated heterocycles. The molecule has 0 unspecified atom stereocenters. The molecular formula is C25H29N3O5S. The molecule has 0 amide bonds. The molecule has 0 radical (unpaired) electrons. The first kappa shape index (κ1) is 24.0. The van der Waals surface area contributed by atoms with Crippen LogP contribution in [0, 0.1) is 0 Å². The number of anilines is 1. The van der Waals surface area contributed by atoms with E-state index in [1.807, 2.05) is 38.1 Å². The van der Waals surface area contributed by atoms with E-state index >= 15 is 0 Å². The third-order valence-corrected chi connectivity index (χ3v) is 8.35. The number of sulfonamides is 1. The van der Waals surface area contributed by atoms with Gasteiger partial charge in [0.05, 0.1) is 7.11 Å². The van der Waals surface area contributed by atoms with Crippen molar-refractivity contribution in [2.75, 3.05) is 51.3 Å². The summed E-state index contributed by atoms with van der Waals surface area (Å²) in [5, 5.41) is 0. The van der Waals surface area contributed by atoms with Crippen molar-refractivity contribution in [3.05, 3.63) is 70.3 Å². The molecule has 1 aliphatic heterocycles. The number of hydrogen-bond donors (Lipinski definition) is 0. The molecule has 8 nitrogen and oxygen atoms in total. The number of carbonyl (C=O) groups excluding carboxylic acids is 2. The van der Waals surface area contributed by atoms with Gasteiger partial charge in [0.2, 0.25) is 21.6 Å². The molecule has 2 aliphatic rings. The molecule has 0 saturated carbocycles. The molecule has 0 aromatic heterocycles. The van der Waals surface area contributed by atoms with Crippen LogP contribution in [0.4, 0.5) is 5.69 Å². The van der Waals surface area contributed by atoms with E-state index in [4.69, 9.17) is 4.74 Å². The highest BCUT2D eigenvalue weighted by Gasteiger charge is 2.43. The van der Waals surface area contributed by atoms with Crippen LogP contribution in [0.1, 0.15) is 34.6 Å². The van der Waals surface area contributed by atoms with E-state index in [0.717, 1.165) is 11.4 Å². The molecule has 34 heavy (non-hydrogen) atoms. The second kappa shape index (κ2) is 9.60. The number of Topliss-reactive ketones (excluding diaryl/α,β-unsaturated/α-hetero) is 2. The Morgan fingerprint density at radius 1 is 0.853 bits per heavy atom. The molecule has 4 rings (SSSR count). The molecule has 0 N–H and O–H groups in total. The van der Waals surface area contributed by atoms with Gasteiger partial charge in [0.1, 0.15) is 11.4 Å². The normalized spacial score (nSPS) is 17.1. The molecule has 2 aromatic carbocycles. The van der Waals surface area contributed by atoms with E-state index in [1.165, 1.54) is 10.4 Å². The van der Waals surface area contributed by atoms with Crippen molar-refractivity contribution in [3.8, 4) is 5.75 Å². The molecule has 1 aliphatic carbocycles. The van der Waals surface area contributed by atoms with Crippen molar-refractivity contribution < 1.29 is 22.7 Å². The number of ketones is 2. The first-order valence-corrected chi connectivity index (χ1v) is 12.8. The Hall–Kier alpha value is -3.17. The Balaban J connectivity index is 1.67. The van der Waals surface area contributed by atoms with Crippen LogP contribution in [0.2, 0.25) is 0 Å². The van der Waals surface area contributed by atoms with Crippen molar-refractivity contribution in [2.45, 2.75) is 13.8 Å². The zero-order valence-corrected chi connectivity index (χ0v) is 20.5. The summed E-state index contributed by atoms with van der Waals surface area (Å²) < 4.78 is 34.2. The van der Waals surface area contributed by atoms with Crippen molar-refractivity contribution in [2.24, 2.45) is 0 Å². The minimum absolute atomic E-state index is 0.0220. The van der Waals surface area contributed by atoms with E-state index in [0.29, 0.717) is 26.2 Å². The first-order chi connectivity index (χ1) is 16.3. The fourth-order valence-corrected chi connectivity index (χ4v) is 6.23. The third-order valence-electron chi connectivity index (χ3n) is 6.41. The molecular weight excluding hydrogens is 454 g/mol. The maximum Gasteiger partial charge on any atom is 0.249 e. The number of ether oxygens (including phenoxy) is 1. The summed E-state index contributed by atoms with van der Waals surface area (Å²) in [6.07, 6.45) is 0. The lowest BCUT2D eigenvalue weighted by molar-refractivity contribution is 0.0948. The molecule has 2 aromatic rings. The van der Waals surface area contributed by atoms with Crippen LogP contribution in [-0.2, 0) is 10.0 Å². The van der Waals surface area contributed by atoms with Crippen LogP contribution < -0.4 is 9.64 Å². The SMILES string of the molecule is CCN(CC)C1=C(S(=O)(=O)N2CCN(c3ccc(OC)cc3)CC2)C(=O)c2ccccc2C1=O. The lowest BCUT2D eigenvalue weighted by Crippen LogP contribution is -2.50. The van der Waals surface area contributed by atoms with Gasteiger partial charge in [-0.3, -0.25) is 9.59 Å². The highest BCUT2D eigenvalue weighted by molar-refractivity contribution is 7.94. The highest BCUT2D eigenvalue weighted by atomic mass is 32.2. The van der Waals surface area contributed by atoms with Crippen molar-refractivity contribution in [1.29, 1.82) is 0 Å². The van der Waals surface area contributed by atoms with Gasteiger partial charge in [-0.25, -0.2) is 8.42 Å². The zero-order chi connectivity index (χ0) is 24.5. The Kier molecular flexibility index (Phi) is 6.77. The summed E-state index contributed by atoms with van der Waals surface area (Å²) in [7, 11) is -2.58. The van der Waals surface area contributed by atoms with Crippen LogP contribution in [0.15, 0.2) is 59.1 Å². The van der Waals surface area contributed by atoms with Crippen LogP contribution in [0.3, 0.4) is 0 Å². The van der Waals surface area contributed by atoms with Crippen LogP contribution in [0.25, 0.3) is 0 Å². The fraction of sp³-hybridized carbons (Fsp3) is 0.360. The van der Waals surface area contributed by atoms with Gasteiger partial charge in [-0.05, 0) is 38.1 Å². The second-order valence-electron chi connectivity index (χ2n) is 8.14. The van der Waals surface area contributed by atoms with Crippen LogP contribution in [-0.4, -0.2) is 75.6 Å². The first-order valence-electron chi connectivity index (χ1n) is 11.4.